The second kappa shape index (κ2) is 12.1. The lowest BCUT2D eigenvalue weighted by atomic mass is 10.1. The first kappa shape index (κ1) is 27.6. The van der Waals surface area contributed by atoms with E-state index in [1.807, 2.05) is 109 Å². The van der Waals surface area contributed by atoms with E-state index >= 15 is 0 Å². The standard InChI is InChI=1S/C34H26FN3O2S2/c1-23(25-8-4-2-5-9-25)38-33(39)31(42-34(38)41)20-27-21-37(29-10-6-3-7-11-29)36-32(27)26-14-18-30(19-15-26)40-22-24-12-16-28(35)17-13-24/h2-21,23H,22H2,1H3. The zero-order valence-electron chi connectivity index (χ0n) is 22.7. The number of thioether (sulfide) groups is 1. The van der Waals surface area contributed by atoms with Gasteiger partial charge < -0.3 is 4.74 Å². The predicted octanol–water partition coefficient (Wildman–Crippen LogP) is 8.22. The lowest BCUT2D eigenvalue weighted by molar-refractivity contribution is -0.123. The quantitative estimate of drug-likeness (QED) is 0.134. The van der Waals surface area contributed by atoms with Crippen LogP contribution in [-0.4, -0.2) is 24.9 Å². The average Bonchev–Trinajstić information content (AvgIpc) is 3.57. The molecular weight excluding hydrogens is 566 g/mol. The van der Waals surface area contributed by atoms with Crippen molar-refractivity contribution >= 4 is 40.3 Å². The first-order chi connectivity index (χ1) is 20.5. The molecule has 0 radical (unpaired) electrons. The summed E-state index contributed by atoms with van der Waals surface area (Å²) in [7, 11) is 0. The highest BCUT2D eigenvalue weighted by Crippen LogP contribution is 2.39. The third-order valence-corrected chi connectivity index (χ3v) is 8.32. The molecule has 2 heterocycles. The van der Waals surface area contributed by atoms with Crippen molar-refractivity contribution in [3.63, 3.8) is 0 Å². The Kier molecular flexibility index (Phi) is 7.99. The summed E-state index contributed by atoms with van der Waals surface area (Å²) in [6.07, 6.45) is 3.80. The van der Waals surface area contributed by atoms with Crippen LogP contribution in [-0.2, 0) is 11.4 Å². The van der Waals surface area contributed by atoms with E-state index in [0.717, 1.165) is 33.6 Å². The summed E-state index contributed by atoms with van der Waals surface area (Å²) in [5, 5.41) is 4.90. The second-order valence-electron chi connectivity index (χ2n) is 9.79. The third kappa shape index (κ3) is 5.91. The Hall–Kier alpha value is -4.53. The molecule has 1 atom stereocenters. The monoisotopic (exact) mass is 591 g/mol. The van der Waals surface area contributed by atoms with Crippen molar-refractivity contribution in [3.05, 3.63) is 143 Å². The maximum absolute atomic E-state index is 13.6. The molecule has 5 aromatic rings. The number of thiocarbonyl (C=S) groups is 1. The summed E-state index contributed by atoms with van der Waals surface area (Å²) in [5.41, 5.74) is 5.20. The van der Waals surface area contributed by atoms with Gasteiger partial charge in [0.25, 0.3) is 5.91 Å². The van der Waals surface area contributed by atoms with E-state index < -0.39 is 0 Å². The first-order valence-electron chi connectivity index (χ1n) is 13.4. The Balaban J connectivity index is 1.30. The fraction of sp³-hybridized carbons (Fsp3) is 0.0882. The van der Waals surface area contributed by atoms with Crippen LogP contribution in [0.3, 0.4) is 0 Å². The van der Waals surface area contributed by atoms with E-state index in [9.17, 15) is 9.18 Å². The summed E-state index contributed by atoms with van der Waals surface area (Å²) in [6, 6.07) is 33.4. The van der Waals surface area contributed by atoms with E-state index in [1.165, 1.54) is 23.9 Å². The maximum atomic E-state index is 13.6. The minimum absolute atomic E-state index is 0.121. The molecule has 0 spiro atoms. The van der Waals surface area contributed by atoms with Crippen LogP contribution in [0.5, 0.6) is 5.75 Å². The van der Waals surface area contributed by atoms with Crippen LogP contribution in [0.15, 0.2) is 120 Å². The summed E-state index contributed by atoms with van der Waals surface area (Å²) >= 11 is 6.95. The van der Waals surface area contributed by atoms with Crippen LogP contribution in [0.2, 0.25) is 0 Å². The van der Waals surface area contributed by atoms with Gasteiger partial charge in [-0.3, -0.25) is 9.69 Å². The lowest BCUT2D eigenvalue weighted by Crippen LogP contribution is -2.30. The second-order valence-corrected chi connectivity index (χ2v) is 11.5. The molecule has 1 aliphatic rings. The largest absolute Gasteiger partial charge is 0.489 e. The number of carbonyl (C=O) groups is 1. The molecule has 0 aliphatic carbocycles. The van der Waals surface area contributed by atoms with Gasteiger partial charge in [0.05, 0.1) is 22.3 Å². The van der Waals surface area contributed by atoms with E-state index in [4.69, 9.17) is 22.1 Å². The van der Waals surface area contributed by atoms with Gasteiger partial charge in [-0.05, 0) is 72.7 Å². The Bertz CT molecular complexity index is 1750. The van der Waals surface area contributed by atoms with Gasteiger partial charge in [0.1, 0.15) is 22.5 Å². The van der Waals surface area contributed by atoms with Gasteiger partial charge >= 0.3 is 0 Å². The number of halogens is 1. The molecule has 1 saturated heterocycles. The number of rotatable bonds is 8. The SMILES string of the molecule is CC(c1ccccc1)N1C(=O)C(=Cc2cn(-c3ccccc3)nc2-c2ccc(OCc3ccc(F)cc3)cc2)SC1=S. The van der Waals surface area contributed by atoms with E-state index in [0.29, 0.717) is 21.6 Å². The lowest BCUT2D eigenvalue weighted by Gasteiger charge is -2.23. The van der Waals surface area contributed by atoms with Crippen molar-refractivity contribution in [2.75, 3.05) is 0 Å². The molecule has 6 rings (SSSR count). The predicted molar refractivity (Wildman–Crippen MR) is 170 cm³/mol. The van der Waals surface area contributed by atoms with Crippen molar-refractivity contribution in [2.24, 2.45) is 0 Å². The van der Waals surface area contributed by atoms with Crippen LogP contribution < -0.4 is 4.74 Å². The summed E-state index contributed by atoms with van der Waals surface area (Å²) in [6.45, 7) is 2.32. The molecule has 0 N–H and O–H groups in total. The van der Waals surface area contributed by atoms with Crippen molar-refractivity contribution in [1.29, 1.82) is 0 Å². The van der Waals surface area contributed by atoms with Crippen LogP contribution >= 0.6 is 24.0 Å². The molecule has 208 valence electrons. The van der Waals surface area contributed by atoms with Gasteiger partial charge in [-0.15, -0.1) is 0 Å². The molecule has 4 aromatic carbocycles. The molecule has 1 unspecified atom stereocenters. The molecule has 42 heavy (non-hydrogen) atoms. The molecule has 1 amide bonds. The van der Waals surface area contributed by atoms with Crippen molar-refractivity contribution in [1.82, 2.24) is 14.7 Å². The van der Waals surface area contributed by atoms with Gasteiger partial charge in [-0.25, -0.2) is 9.07 Å². The van der Waals surface area contributed by atoms with Gasteiger partial charge in [0.15, 0.2) is 0 Å². The maximum Gasteiger partial charge on any atom is 0.266 e. The zero-order chi connectivity index (χ0) is 29.1. The van der Waals surface area contributed by atoms with Gasteiger partial charge in [-0.1, -0.05) is 84.6 Å². The zero-order valence-corrected chi connectivity index (χ0v) is 24.3. The molecular formula is C34H26FN3O2S2. The average molecular weight is 592 g/mol. The van der Waals surface area contributed by atoms with Crippen LogP contribution in [0, 0.1) is 5.82 Å². The van der Waals surface area contributed by atoms with E-state index in [1.54, 1.807) is 17.0 Å². The Morgan fingerprint density at radius 1 is 0.929 bits per heavy atom. The number of carbonyl (C=O) groups excluding carboxylic acids is 1. The molecule has 1 aromatic heterocycles. The van der Waals surface area contributed by atoms with Crippen LogP contribution in [0.1, 0.15) is 29.7 Å². The van der Waals surface area contributed by atoms with Crippen LogP contribution in [0.4, 0.5) is 4.39 Å². The number of nitrogens with zero attached hydrogens (tertiary/aromatic N) is 3. The summed E-state index contributed by atoms with van der Waals surface area (Å²) < 4.78 is 21.5. The highest BCUT2D eigenvalue weighted by molar-refractivity contribution is 8.26. The topological polar surface area (TPSA) is 47.4 Å². The first-order valence-corrected chi connectivity index (χ1v) is 14.6. The minimum Gasteiger partial charge on any atom is -0.489 e. The van der Waals surface area contributed by atoms with Crippen molar-refractivity contribution in [3.8, 4) is 22.7 Å². The van der Waals surface area contributed by atoms with E-state index in [-0.39, 0.29) is 17.8 Å². The number of hydrogen-bond donors (Lipinski definition) is 0. The molecule has 0 bridgehead atoms. The number of para-hydroxylation sites is 1. The smallest absolute Gasteiger partial charge is 0.266 e. The number of aromatic nitrogens is 2. The van der Waals surface area contributed by atoms with Gasteiger partial charge in [0.2, 0.25) is 0 Å². The highest BCUT2D eigenvalue weighted by Gasteiger charge is 2.36. The van der Waals surface area contributed by atoms with Crippen LogP contribution in [0.25, 0.3) is 23.0 Å². The third-order valence-electron chi connectivity index (χ3n) is 6.99. The van der Waals surface area contributed by atoms with Crippen molar-refractivity contribution in [2.45, 2.75) is 19.6 Å². The molecule has 0 saturated carbocycles. The Labute approximate surface area is 253 Å². The number of hydrogen-bond acceptors (Lipinski definition) is 5. The molecule has 1 aliphatic heterocycles. The Morgan fingerprint density at radius 2 is 1.60 bits per heavy atom. The fourth-order valence-corrected chi connectivity index (χ4v) is 6.13. The van der Waals surface area contributed by atoms with E-state index in [2.05, 4.69) is 0 Å². The molecule has 8 heteroatoms. The number of ether oxygens (including phenoxy) is 1. The van der Waals surface area contributed by atoms with Gasteiger partial charge in [-0.2, -0.15) is 5.10 Å². The minimum atomic E-state index is -0.276. The highest BCUT2D eigenvalue weighted by atomic mass is 32.2. The molecule has 5 nitrogen and oxygen atoms in total. The number of benzene rings is 4. The van der Waals surface area contributed by atoms with Gasteiger partial charge in [0, 0.05) is 17.3 Å². The normalized spacial score (nSPS) is 14.9. The number of amides is 1. The molecule has 1 fully saturated rings. The summed E-state index contributed by atoms with van der Waals surface area (Å²) in [4.78, 5) is 15.8. The fourth-order valence-electron chi connectivity index (χ4n) is 4.72. The van der Waals surface area contributed by atoms with Crippen molar-refractivity contribution < 1.29 is 13.9 Å². The summed E-state index contributed by atoms with van der Waals surface area (Å²) in [5.74, 6) is 0.286. The Morgan fingerprint density at radius 3 is 2.29 bits per heavy atom.